The molecule has 1 aromatic heterocycles. The van der Waals surface area contributed by atoms with E-state index >= 15 is 0 Å². The second kappa shape index (κ2) is 7.76. The summed E-state index contributed by atoms with van der Waals surface area (Å²) in [5.74, 6) is 0. The lowest BCUT2D eigenvalue weighted by Gasteiger charge is -2.08. The Hall–Kier alpha value is -3.45. The lowest BCUT2D eigenvalue weighted by Crippen LogP contribution is -1.86. The Morgan fingerprint density at radius 2 is 1.53 bits per heavy atom. The van der Waals surface area contributed by atoms with Crippen LogP contribution in [0.25, 0.3) is 44.5 Å². The number of allylic oxidation sites excluding steroid dienone is 1. The first kappa shape index (κ1) is 18.6. The fraction of sp³-hybridized carbons (Fsp3) is 0. The van der Waals surface area contributed by atoms with E-state index in [1.54, 1.807) is 0 Å². The van der Waals surface area contributed by atoms with Gasteiger partial charge in [-0.3, -0.25) is 0 Å². The Labute approximate surface area is 183 Å². The summed E-state index contributed by atoms with van der Waals surface area (Å²) >= 11 is 7.47. The molecule has 4 heteroatoms. The first-order chi connectivity index (χ1) is 14.7. The van der Waals surface area contributed by atoms with E-state index in [-0.39, 0.29) is 0 Å². The third-order valence-corrected chi connectivity index (χ3v) is 6.22. The summed E-state index contributed by atoms with van der Waals surface area (Å²) in [6, 6.07) is 28.7. The Morgan fingerprint density at radius 1 is 0.900 bits per heavy atom. The molecule has 2 nitrogen and oxygen atoms in total. The molecule has 1 heterocycles. The SMILES string of the molecule is N#C/C(=C\c1c2ccccc2cc2ccccc12)c1nc(-c2ccc(Cl)cc2)cs1. The van der Waals surface area contributed by atoms with Gasteiger partial charge in [-0.2, -0.15) is 5.26 Å². The van der Waals surface area contributed by atoms with Crippen LogP contribution in [0.4, 0.5) is 0 Å². The lowest BCUT2D eigenvalue weighted by molar-refractivity contribution is 1.37. The monoisotopic (exact) mass is 422 g/mol. The van der Waals surface area contributed by atoms with Crippen LogP contribution < -0.4 is 0 Å². The van der Waals surface area contributed by atoms with Gasteiger partial charge in [0.2, 0.25) is 0 Å². The van der Waals surface area contributed by atoms with E-state index in [9.17, 15) is 5.26 Å². The summed E-state index contributed by atoms with van der Waals surface area (Å²) < 4.78 is 0. The summed E-state index contributed by atoms with van der Waals surface area (Å²) in [4.78, 5) is 4.72. The van der Waals surface area contributed by atoms with Crippen molar-refractivity contribution in [3.63, 3.8) is 0 Å². The van der Waals surface area contributed by atoms with Crippen molar-refractivity contribution in [2.24, 2.45) is 0 Å². The molecule has 5 aromatic rings. The van der Waals surface area contributed by atoms with Crippen molar-refractivity contribution >= 4 is 56.1 Å². The summed E-state index contributed by atoms with van der Waals surface area (Å²) in [6.07, 6.45) is 1.97. The third-order valence-electron chi connectivity index (χ3n) is 5.10. The molecule has 0 spiro atoms. The summed E-state index contributed by atoms with van der Waals surface area (Å²) in [5.41, 5.74) is 3.43. The lowest BCUT2D eigenvalue weighted by atomic mass is 9.95. The molecule has 0 radical (unpaired) electrons. The third kappa shape index (κ3) is 3.37. The maximum Gasteiger partial charge on any atom is 0.134 e. The zero-order valence-corrected chi connectivity index (χ0v) is 17.4. The summed E-state index contributed by atoms with van der Waals surface area (Å²) in [6.45, 7) is 0. The van der Waals surface area contributed by atoms with Crippen molar-refractivity contribution in [3.8, 4) is 17.3 Å². The van der Waals surface area contributed by atoms with E-state index in [2.05, 4.69) is 36.4 Å². The van der Waals surface area contributed by atoms with Gasteiger partial charge in [0.25, 0.3) is 0 Å². The van der Waals surface area contributed by atoms with Crippen LogP contribution in [0.5, 0.6) is 0 Å². The molecule has 0 N–H and O–H groups in total. The first-order valence-corrected chi connectivity index (χ1v) is 10.7. The number of hydrogen-bond donors (Lipinski definition) is 0. The molecule has 0 aliphatic carbocycles. The average molecular weight is 423 g/mol. The minimum atomic E-state index is 0.557. The molecule has 0 aliphatic heterocycles. The van der Waals surface area contributed by atoms with Gasteiger partial charge in [-0.25, -0.2) is 4.98 Å². The second-order valence-corrected chi connectivity index (χ2v) is 8.24. The Bertz CT molecular complexity index is 1400. The number of halogens is 1. The van der Waals surface area contributed by atoms with E-state index in [0.29, 0.717) is 15.6 Å². The van der Waals surface area contributed by atoms with Crippen LogP contribution in [0.2, 0.25) is 5.02 Å². The molecule has 0 fully saturated rings. The fourth-order valence-corrected chi connectivity index (χ4v) is 4.56. The number of nitriles is 1. The van der Waals surface area contributed by atoms with Gasteiger partial charge in [-0.15, -0.1) is 11.3 Å². The quantitative estimate of drug-likeness (QED) is 0.219. The molecule has 30 heavy (non-hydrogen) atoms. The molecule has 0 atom stereocenters. The molecule has 0 saturated heterocycles. The molecule has 0 bridgehead atoms. The van der Waals surface area contributed by atoms with Gasteiger partial charge < -0.3 is 0 Å². The van der Waals surface area contributed by atoms with Crippen molar-refractivity contribution in [1.82, 2.24) is 4.98 Å². The van der Waals surface area contributed by atoms with E-state index in [1.165, 1.54) is 11.3 Å². The summed E-state index contributed by atoms with van der Waals surface area (Å²) in [7, 11) is 0. The minimum Gasteiger partial charge on any atom is -0.235 e. The molecule has 5 rings (SSSR count). The van der Waals surface area contributed by atoms with Crippen LogP contribution in [0.1, 0.15) is 10.6 Å². The molecule has 142 valence electrons. The Balaban J connectivity index is 1.67. The maximum absolute atomic E-state index is 9.93. The minimum absolute atomic E-state index is 0.557. The van der Waals surface area contributed by atoms with Crippen LogP contribution >= 0.6 is 22.9 Å². The van der Waals surface area contributed by atoms with Gasteiger partial charge in [-0.1, -0.05) is 72.3 Å². The highest BCUT2D eigenvalue weighted by Gasteiger charge is 2.12. The number of fused-ring (bicyclic) bond motifs is 2. The zero-order chi connectivity index (χ0) is 20.5. The van der Waals surface area contributed by atoms with Gasteiger partial charge in [0.1, 0.15) is 11.1 Å². The van der Waals surface area contributed by atoms with Crippen molar-refractivity contribution in [2.45, 2.75) is 0 Å². The van der Waals surface area contributed by atoms with Crippen molar-refractivity contribution < 1.29 is 0 Å². The van der Waals surface area contributed by atoms with Crippen molar-refractivity contribution in [1.29, 1.82) is 5.26 Å². The molecule has 0 aliphatic rings. The molecular weight excluding hydrogens is 408 g/mol. The van der Waals surface area contributed by atoms with Crippen LogP contribution in [0.15, 0.2) is 84.2 Å². The molecule has 4 aromatic carbocycles. The molecular formula is C26H15ClN2S. The maximum atomic E-state index is 9.93. The van der Waals surface area contributed by atoms with Gasteiger partial charge in [0.05, 0.1) is 11.3 Å². The van der Waals surface area contributed by atoms with Crippen molar-refractivity contribution in [2.75, 3.05) is 0 Å². The number of thiazole rings is 1. The zero-order valence-electron chi connectivity index (χ0n) is 15.8. The highest BCUT2D eigenvalue weighted by atomic mass is 35.5. The first-order valence-electron chi connectivity index (χ1n) is 9.47. The van der Waals surface area contributed by atoms with Crippen LogP contribution in [-0.4, -0.2) is 4.98 Å². The van der Waals surface area contributed by atoms with Crippen LogP contribution in [0, 0.1) is 11.3 Å². The topological polar surface area (TPSA) is 36.7 Å². The molecule has 0 saturated carbocycles. The summed E-state index contributed by atoms with van der Waals surface area (Å²) in [5, 5.41) is 17.9. The average Bonchev–Trinajstić information content (AvgIpc) is 3.27. The number of benzene rings is 4. The normalized spacial score (nSPS) is 11.7. The second-order valence-electron chi connectivity index (χ2n) is 6.95. The largest absolute Gasteiger partial charge is 0.235 e. The van der Waals surface area contributed by atoms with E-state index in [1.807, 2.05) is 60.0 Å². The highest BCUT2D eigenvalue weighted by molar-refractivity contribution is 7.11. The number of rotatable bonds is 3. The van der Waals surface area contributed by atoms with Gasteiger partial charge in [-0.05, 0) is 51.4 Å². The predicted octanol–water partition coefficient (Wildman–Crippen LogP) is 7.83. The van der Waals surface area contributed by atoms with Crippen molar-refractivity contribution in [3.05, 3.63) is 99.8 Å². The Kier molecular flexibility index (Phi) is 4.80. The Morgan fingerprint density at radius 3 is 2.17 bits per heavy atom. The number of aromatic nitrogens is 1. The smallest absolute Gasteiger partial charge is 0.134 e. The van der Waals surface area contributed by atoms with E-state index in [0.717, 1.165) is 38.4 Å². The fourth-order valence-electron chi connectivity index (χ4n) is 3.64. The van der Waals surface area contributed by atoms with Gasteiger partial charge in [0, 0.05) is 16.0 Å². The van der Waals surface area contributed by atoms with E-state index in [4.69, 9.17) is 16.6 Å². The predicted molar refractivity (Wildman–Crippen MR) is 127 cm³/mol. The van der Waals surface area contributed by atoms with Crippen LogP contribution in [-0.2, 0) is 0 Å². The highest BCUT2D eigenvalue weighted by Crippen LogP contribution is 2.33. The standard InChI is InChI=1S/C26H15ClN2S/c27-21-11-9-17(10-12-21)25-16-30-26(29-25)20(15-28)14-24-22-7-3-1-5-18(22)13-19-6-2-4-8-23(19)24/h1-14,16H/b20-14+. The number of nitrogens with zero attached hydrogens (tertiary/aromatic N) is 2. The van der Waals surface area contributed by atoms with Crippen LogP contribution in [0.3, 0.4) is 0 Å². The number of hydrogen-bond acceptors (Lipinski definition) is 3. The van der Waals surface area contributed by atoms with Gasteiger partial charge >= 0.3 is 0 Å². The molecule has 0 amide bonds. The molecule has 0 unspecified atom stereocenters. The van der Waals surface area contributed by atoms with Gasteiger partial charge in [0.15, 0.2) is 0 Å². The van der Waals surface area contributed by atoms with E-state index < -0.39 is 0 Å².